The number of hydrogen-bond donors (Lipinski definition) is 2. The third-order valence-corrected chi connectivity index (χ3v) is 2.90. The minimum absolute atomic E-state index is 0.354. The third kappa shape index (κ3) is 2.53. The van der Waals surface area contributed by atoms with E-state index in [9.17, 15) is 9.59 Å². The summed E-state index contributed by atoms with van der Waals surface area (Å²) in [5.74, 6) is 0. The van der Waals surface area contributed by atoms with E-state index in [4.69, 9.17) is 5.73 Å². The molecule has 0 saturated heterocycles. The summed E-state index contributed by atoms with van der Waals surface area (Å²) in [6.45, 7) is 0. The van der Waals surface area contributed by atoms with Crippen molar-refractivity contribution in [2.24, 2.45) is 7.05 Å². The van der Waals surface area contributed by atoms with Gasteiger partial charge in [-0.15, -0.1) is 0 Å². The summed E-state index contributed by atoms with van der Waals surface area (Å²) in [5, 5.41) is 3.34. The summed E-state index contributed by atoms with van der Waals surface area (Å²) in [6, 6.07) is 3.40. The number of anilines is 1. The fourth-order valence-electron chi connectivity index (χ4n) is 1.10. The highest BCUT2D eigenvalue weighted by Gasteiger charge is 2.06. The van der Waals surface area contributed by atoms with E-state index in [1.165, 1.54) is 10.9 Å². The van der Waals surface area contributed by atoms with Crippen molar-refractivity contribution in [3.63, 3.8) is 0 Å². The Hall–Kier alpha value is -2.09. The molecule has 0 unspecified atom stereocenters. The van der Waals surface area contributed by atoms with Gasteiger partial charge in [-0.05, 0) is 23.9 Å². The van der Waals surface area contributed by atoms with Gasteiger partial charge in [-0.1, -0.05) is 0 Å². The quantitative estimate of drug-likeness (QED) is 0.703. The highest BCUT2D eigenvalue weighted by molar-refractivity contribution is 7.99. The van der Waals surface area contributed by atoms with Crippen molar-refractivity contribution in [2.45, 2.75) is 10.2 Å². The van der Waals surface area contributed by atoms with Crippen LogP contribution in [0.4, 0.5) is 5.69 Å². The largest absolute Gasteiger partial charge is 0.397 e. The molecular weight excluding hydrogens is 242 g/mol. The van der Waals surface area contributed by atoms with Gasteiger partial charge in [0.15, 0.2) is 5.16 Å². The molecule has 2 aromatic rings. The molecule has 7 nitrogen and oxygen atoms in total. The van der Waals surface area contributed by atoms with Crippen LogP contribution in [-0.2, 0) is 7.05 Å². The van der Waals surface area contributed by atoms with E-state index in [1.54, 1.807) is 19.2 Å². The summed E-state index contributed by atoms with van der Waals surface area (Å²) >= 11 is 1.16. The highest BCUT2D eigenvalue weighted by atomic mass is 32.2. The van der Waals surface area contributed by atoms with Crippen LogP contribution in [0.15, 0.2) is 38.1 Å². The Labute approximate surface area is 99.7 Å². The molecule has 2 heterocycles. The first kappa shape index (κ1) is 11.4. The third-order valence-electron chi connectivity index (χ3n) is 1.90. The van der Waals surface area contributed by atoms with Crippen LogP contribution in [-0.4, -0.2) is 19.7 Å². The van der Waals surface area contributed by atoms with Gasteiger partial charge >= 0.3 is 11.1 Å². The number of rotatable bonds is 2. The molecule has 88 valence electrons. The number of nitrogen functional groups attached to an aromatic ring is 1. The summed E-state index contributed by atoms with van der Waals surface area (Å²) in [4.78, 5) is 29.8. The molecule has 0 fully saturated rings. The molecule has 0 atom stereocenters. The van der Waals surface area contributed by atoms with Crippen LogP contribution in [0, 0.1) is 0 Å². The standard InChI is InChI=1S/C9H9N5O2S/c1-14-9(12-7(15)8(16)13-14)17-6-3-2-5(10)4-11-6/h2-4H,10H2,1H3,(H,13,16). The van der Waals surface area contributed by atoms with Crippen molar-refractivity contribution in [3.05, 3.63) is 39.0 Å². The first-order chi connectivity index (χ1) is 8.06. The lowest BCUT2D eigenvalue weighted by Crippen LogP contribution is -2.33. The second-order valence-corrected chi connectivity index (χ2v) is 4.22. The van der Waals surface area contributed by atoms with Crippen molar-refractivity contribution in [1.82, 2.24) is 19.7 Å². The van der Waals surface area contributed by atoms with Crippen LogP contribution in [0.5, 0.6) is 0 Å². The number of aromatic nitrogens is 4. The second kappa shape index (κ2) is 4.42. The average Bonchev–Trinajstić information content (AvgIpc) is 2.29. The van der Waals surface area contributed by atoms with Crippen LogP contribution >= 0.6 is 11.8 Å². The molecule has 2 rings (SSSR count). The lowest BCUT2D eigenvalue weighted by atomic mass is 10.4. The SMILES string of the molecule is Cn1[nH]c(=O)c(=O)nc1Sc1ccc(N)cn1. The van der Waals surface area contributed by atoms with Crippen LogP contribution in [0.2, 0.25) is 0 Å². The zero-order chi connectivity index (χ0) is 12.4. The molecule has 0 bridgehead atoms. The van der Waals surface area contributed by atoms with Gasteiger partial charge in [0.05, 0.1) is 11.9 Å². The summed E-state index contributed by atoms with van der Waals surface area (Å²) in [7, 11) is 1.59. The number of aryl methyl sites for hydroxylation is 1. The van der Waals surface area contributed by atoms with Crippen molar-refractivity contribution in [2.75, 3.05) is 5.73 Å². The number of nitrogens with zero attached hydrogens (tertiary/aromatic N) is 3. The van der Waals surface area contributed by atoms with Crippen molar-refractivity contribution >= 4 is 17.4 Å². The van der Waals surface area contributed by atoms with Gasteiger partial charge in [0.1, 0.15) is 5.03 Å². The molecule has 0 aliphatic carbocycles. The molecule has 0 spiro atoms. The zero-order valence-corrected chi connectivity index (χ0v) is 9.69. The van der Waals surface area contributed by atoms with Gasteiger partial charge in [-0.25, -0.2) is 4.98 Å². The smallest absolute Gasteiger partial charge is 0.339 e. The van der Waals surface area contributed by atoms with Crippen LogP contribution in [0.1, 0.15) is 0 Å². The molecule has 0 aliphatic rings. The summed E-state index contributed by atoms with van der Waals surface area (Å²) in [5.41, 5.74) is 4.49. The average molecular weight is 251 g/mol. The number of hydrogen-bond acceptors (Lipinski definition) is 6. The molecule has 3 N–H and O–H groups in total. The normalized spacial score (nSPS) is 10.4. The number of aromatic amines is 1. The maximum atomic E-state index is 11.1. The predicted octanol–water partition coefficient (Wildman–Crippen LogP) is -0.403. The minimum Gasteiger partial charge on any atom is -0.397 e. The van der Waals surface area contributed by atoms with Gasteiger partial charge in [0.2, 0.25) is 0 Å². The lowest BCUT2D eigenvalue weighted by molar-refractivity contribution is 0.596. The Kier molecular flexibility index (Phi) is 2.96. The van der Waals surface area contributed by atoms with E-state index in [0.29, 0.717) is 15.9 Å². The van der Waals surface area contributed by atoms with Crippen molar-refractivity contribution in [1.29, 1.82) is 0 Å². The molecule has 0 aromatic carbocycles. The highest BCUT2D eigenvalue weighted by Crippen LogP contribution is 2.22. The Bertz CT molecular complexity index is 646. The molecular formula is C9H9N5O2S. The van der Waals surface area contributed by atoms with E-state index >= 15 is 0 Å². The van der Waals surface area contributed by atoms with Gasteiger partial charge in [0.25, 0.3) is 0 Å². The molecule has 2 aromatic heterocycles. The van der Waals surface area contributed by atoms with E-state index in [-0.39, 0.29) is 0 Å². The number of pyridine rings is 1. The Morgan fingerprint density at radius 1 is 1.41 bits per heavy atom. The van der Waals surface area contributed by atoms with Gasteiger partial charge in [-0.3, -0.25) is 19.4 Å². The minimum atomic E-state index is -0.818. The van der Waals surface area contributed by atoms with Gasteiger partial charge < -0.3 is 5.73 Å². The van der Waals surface area contributed by atoms with Crippen molar-refractivity contribution < 1.29 is 0 Å². The van der Waals surface area contributed by atoms with Gasteiger partial charge in [0, 0.05) is 7.05 Å². The molecule has 0 amide bonds. The van der Waals surface area contributed by atoms with E-state index in [1.807, 2.05) is 0 Å². The van der Waals surface area contributed by atoms with Gasteiger partial charge in [-0.2, -0.15) is 4.98 Å². The van der Waals surface area contributed by atoms with Crippen LogP contribution in [0.3, 0.4) is 0 Å². The lowest BCUT2D eigenvalue weighted by Gasteiger charge is -2.04. The Morgan fingerprint density at radius 2 is 2.18 bits per heavy atom. The maximum absolute atomic E-state index is 11.1. The monoisotopic (exact) mass is 251 g/mol. The van der Waals surface area contributed by atoms with E-state index in [0.717, 1.165) is 11.8 Å². The maximum Gasteiger partial charge on any atom is 0.339 e. The molecule has 0 radical (unpaired) electrons. The second-order valence-electron chi connectivity index (χ2n) is 3.23. The van der Waals surface area contributed by atoms with E-state index < -0.39 is 11.1 Å². The van der Waals surface area contributed by atoms with Crippen LogP contribution < -0.4 is 16.9 Å². The molecule has 0 aliphatic heterocycles. The fourth-order valence-corrected chi connectivity index (χ4v) is 1.84. The number of H-pyrrole nitrogens is 1. The number of nitrogens with two attached hydrogens (primary N) is 1. The van der Waals surface area contributed by atoms with Crippen molar-refractivity contribution in [3.8, 4) is 0 Å². The Morgan fingerprint density at radius 3 is 2.82 bits per heavy atom. The molecule has 8 heteroatoms. The van der Waals surface area contributed by atoms with Crippen LogP contribution in [0.25, 0.3) is 0 Å². The van der Waals surface area contributed by atoms with E-state index in [2.05, 4.69) is 15.1 Å². The Balaban J connectivity index is 2.36. The first-order valence-electron chi connectivity index (χ1n) is 4.63. The first-order valence-corrected chi connectivity index (χ1v) is 5.44. The zero-order valence-electron chi connectivity index (χ0n) is 8.88. The molecule has 17 heavy (non-hydrogen) atoms. The molecule has 0 saturated carbocycles. The predicted molar refractivity (Wildman–Crippen MR) is 62.9 cm³/mol. The summed E-state index contributed by atoms with van der Waals surface area (Å²) in [6.07, 6.45) is 1.51. The summed E-state index contributed by atoms with van der Waals surface area (Å²) < 4.78 is 1.37. The fraction of sp³-hybridized carbons (Fsp3) is 0.111. The number of nitrogens with one attached hydrogen (secondary N) is 1. The topological polar surface area (TPSA) is 107 Å².